The molecular formula is C13H14CrO4Si. The van der Waals surface area contributed by atoms with E-state index in [2.05, 4.69) is 3.48 Å². The van der Waals surface area contributed by atoms with Gasteiger partial charge in [-0.2, -0.15) is 0 Å². The zero-order valence-electron chi connectivity index (χ0n) is 10.4. The molecular weight excluding hydrogens is 300 g/mol. The van der Waals surface area contributed by atoms with E-state index in [9.17, 15) is 7.61 Å². The Morgan fingerprint density at radius 1 is 0.842 bits per heavy atom. The van der Waals surface area contributed by atoms with Crippen molar-refractivity contribution < 1.29 is 28.5 Å². The van der Waals surface area contributed by atoms with Gasteiger partial charge in [0.1, 0.15) is 0 Å². The van der Waals surface area contributed by atoms with Gasteiger partial charge in [-0.25, -0.2) is 0 Å². The van der Waals surface area contributed by atoms with Gasteiger partial charge in [-0.15, -0.1) is 0 Å². The number of rotatable bonds is 5. The van der Waals surface area contributed by atoms with Crippen LogP contribution in [0, 0.1) is 0 Å². The molecule has 0 aliphatic carbocycles. The molecule has 0 unspecified atom stereocenters. The average molecular weight is 314 g/mol. The van der Waals surface area contributed by atoms with E-state index >= 15 is 0 Å². The van der Waals surface area contributed by atoms with Gasteiger partial charge in [-0.05, 0) is 0 Å². The Balaban J connectivity index is 2.40. The Bertz CT molecular complexity index is 574. The molecule has 0 fully saturated rings. The van der Waals surface area contributed by atoms with Gasteiger partial charge in [0.15, 0.2) is 0 Å². The predicted octanol–water partition coefficient (Wildman–Crippen LogP) is 1.76. The summed E-state index contributed by atoms with van der Waals surface area (Å²) in [6.45, 7) is 0. The van der Waals surface area contributed by atoms with Crippen molar-refractivity contribution in [2.45, 2.75) is 6.10 Å². The third kappa shape index (κ3) is 3.83. The van der Waals surface area contributed by atoms with E-state index in [0.717, 1.165) is 11.1 Å². The molecule has 4 nitrogen and oxygen atoms in total. The van der Waals surface area contributed by atoms with Crippen molar-refractivity contribution in [1.82, 2.24) is 0 Å². The van der Waals surface area contributed by atoms with Crippen LogP contribution in [0.15, 0.2) is 60.7 Å². The molecule has 19 heavy (non-hydrogen) atoms. The van der Waals surface area contributed by atoms with E-state index in [1.807, 2.05) is 60.7 Å². The molecule has 2 aromatic rings. The van der Waals surface area contributed by atoms with E-state index in [-0.39, 0.29) is 10.5 Å². The minimum atomic E-state index is -4.73. The number of hydrogen-bond acceptors (Lipinski definition) is 4. The zero-order chi connectivity index (χ0) is 13.7. The van der Waals surface area contributed by atoms with E-state index in [4.69, 9.17) is 3.79 Å². The summed E-state index contributed by atoms with van der Waals surface area (Å²) >= 11 is -4.73. The molecule has 0 aliphatic heterocycles. The van der Waals surface area contributed by atoms with Crippen LogP contribution in [0.4, 0.5) is 0 Å². The van der Waals surface area contributed by atoms with Crippen LogP contribution in [0.1, 0.15) is 17.2 Å². The summed E-state index contributed by atoms with van der Waals surface area (Å²) in [4.78, 5) is 0. The van der Waals surface area contributed by atoms with Gasteiger partial charge in [0.25, 0.3) is 0 Å². The Morgan fingerprint density at radius 3 is 1.63 bits per heavy atom. The first-order chi connectivity index (χ1) is 9.12. The monoisotopic (exact) mass is 314 g/mol. The second-order valence-electron chi connectivity index (χ2n) is 3.87. The Morgan fingerprint density at radius 2 is 1.26 bits per heavy atom. The number of hydrogen-bond donors (Lipinski definition) is 0. The van der Waals surface area contributed by atoms with Gasteiger partial charge >= 0.3 is 117 Å². The van der Waals surface area contributed by atoms with Gasteiger partial charge < -0.3 is 0 Å². The number of benzene rings is 2. The molecule has 6 heteroatoms. The molecule has 2 rings (SSSR count). The fourth-order valence-corrected chi connectivity index (χ4v) is 2.88. The predicted molar refractivity (Wildman–Crippen MR) is 68.2 cm³/mol. The first-order valence-corrected chi connectivity index (χ1v) is 8.61. The van der Waals surface area contributed by atoms with Gasteiger partial charge in [0.05, 0.1) is 0 Å². The van der Waals surface area contributed by atoms with Gasteiger partial charge in [-0.3, -0.25) is 0 Å². The molecule has 0 N–H and O–H groups in total. The molecule has 100 valence electrons. The van der Waals surface area contributed by atoms with Crippen LogP contribution < -0.4 is 0 Å². The standard InChI is InChI=1S/C13H11O.Cr.H3OSi.2O/c14-13(11-7-3-1-4-8-11)12-9-5-2-6-10-12;;1-2;;/h1-10,13H;;2H3;;/q-1;+2;-1;;. The Kier molecular flexibility index (Phi) is 4.64. The minimum absolute atomic E-state index is 0.0970. The van der Waals surface area contributed by atoms with E-state index in [1.165, 1.54) is 0 Å². The SMILES string of the molecule is [O]=[Cr](=[O])([O][SiH3])[O]C(c1ccccc1)c1ccccc1. The third-order valence-electron chi connectivity index (χ3n) is 2.62. The third-order valence-corrected chi connectivity index (χ3v) is 5.61. The summed E-state index contributed by atoms with van der Waals surface area (Å²) in [5, 5.41) is 0. The zero-order valence-corrected chi connectivity index (χ0v) is 13.7. The van der Waals surface area contributed by atoms with Crippen LogP contribution in [0.3, 0.4) is 0 Å². The maximum atomic E-state index is 11.6. The van der Waals surface area contributed by atoms with Crippen molar-refractivity contribution >= 4 is 10.5 Å². The second-order valence-corrected chi connectivity index (χ2v) is 7.34. The summed E-state index contributed by atoms with van der Waals surface area (Å²) in [6, 6.07) is 18.4. The first kappa shape index (κ1) is 14.1. The topological polar surface area (TPSA) is 52.6 Å². The van der Waals surface area contributed by atoms with E-state index in [0.29, 0.717) is 0 Å². The first-order valence-electron chi connectivity index (χ1n) is 5.71. The van der Waals surface area contributed by atoms with E-state index in [1.54, 1.807) is 0 Å². The molecule has 0 aliphatic rings. The van der Waals surface area contributed by atoms with Crippen LogP contribution >= 0.6 is 0 Å². The molecule has 0 saturated heterocycles. The molecule has 0 spiro atoms. The van der Waals surface area contributed by atoms with Crippen LogP contribution in [0.5, 0.6) is 0 Å². The second kappa shape index (κ2) is 6.24. The van der Waals surface area contributed by atoms with Crippen molar-refractivity contribution in [3.63, 3.8) is 0 Å². The summed E-state index contributed by atoms with van der Waals surface area (Å²) in [6.07, 6.45) is -0.661. The average Bonchev–Trinajstić information content (AvgIpc) is 2.47. The van der Waals surface area contributed by atoms with Crippen molar-refractivity contribution in [1.29, 1.82) is 0 Å². The van der Waals surface area contributed by atoms with Crippen LogP contribution in [0.2, 0.25) is 0 Å². The van der Waals surface area contributed by atoms with Crippen LogP contribution in [-0.4, -0.2) is 10.5 Å². The molecule has 0 atom stereocenters. The molecule has 2 aromatic carbocycles. The normalized spacial score (nSPS) is 11.8. The quantitative estimate of drug-likeness (QED) is 0.789. The summed E-state index contributed by atoms with van der Waals surface area (Å²) in [7, 11) is 0.0970. The molecule has 0 radical (unpaired) electrons. The molecule has 0 amide bonds. The molecule has 0 saturated carbocycles. The van der Waals surface area contributed by atoms with E-state index < -0.39 is 19.7 Å². The summed E-state index contributed by atoms with van der Waals surface area (Å²) in [5.41, 5.74) is 1.56. The molecule has 0 heterocycles. The Labute approximate surface area is 117 Å². The summed E-state index contributed by atoms with van der Waals surface area (Å²) < 4.78 is 33.0. The van der Waals surface area contributed by atoms with Gasteiger partial charge in [0, 0.05) is 0 Å². The van der Waals surface area contributed by atoms with Crippen molar-refractivity contribution in [3.05, 3.63) is 71.8 Å². The fourth-order valence-electron chi connectivity index (χ4n) is 1.72. The van der Waals surface area contributed by atoms with Gasteiger partial charge in [-0.1, -0.05) is 0 Å². The molecule has 0 bridgehead atoms. The molecule has 0 aromatic heterocycles. The van der Waals surface area contributed by atoms with Crippen LogP contribution in [-0.2, 0) is 28.5 Å². The van der Waals surface area contributed by atoms with Gasteiger partial charge in [0.2, 0.25) is 0 Å². The fraction of sp³-hybridized carbons (Fsp3) is 0.0769. The van der Waals surface area contributed by atoms with Crippen molar-refractivity contribution in [3.8, 4) is 0 Å². The maximum absolute atomic E-state index is 11.6. The van der Waals surface area contributed by atoms with Crippen molar-refractivity contribution in [2.75, 3.05) is 0 Å². The Hall–Kier alpha value is -1.29. The summed E-state index contributed by atoms with van der Waals surface area (Å²) in [5.74, 6) is 0. The van der Waals surface area contributed by atoms with Crippen LogP contribution in [0.25, 0.3) is 0 Å². The van der Waals surface area contributed by atoms with Crippen molar-refractivity contribution in [2.24, 2.45) is 0 Å².